The lowest BCUT2D eigenvalue weighted by molar-refractivity contribution is -0.137. The van der Waals surface area contributed by atoms with Gasteiger partial charge in [-0.25, -0.2) is 0 Å². The van der Waals surface area contributed by atoms with Crippen LogP contribution in [0.4, 0.5) is 0 Å². The van der Waals surface area contributed by atoms with Gasteiger partial charge in [-0.1, -0.05) is 13.8 Å². The van der Waals surface area contributed by atoms with Crippen LogP contribution in [0.2, 0.25) is 0 Å². The lowest BCUT2D eigenvalue weighted by Crippen LogP contribution is -2.44. The molecule has 0 atom stereocenters. The van der Waals surface area contributed by atoms with E-state index in [2.05, 4.69) is 15.5 Å². The molecule has 0 spiro atoms. The highest BCUT2D eigenvalue weighted by atomic mass is 16.2. The van der Waals surface area contributed by atoms with Crippen LogP contribution >= 0.6 is 0 Å². The molecule has 1 aliphatic rings. The molecule has 0 aliphatic heterocycles. The Morgan fingerprint density at radius 1 is 1.16 bits per heavy atom. The predicted molar refractivity (Wildman–Crippen MR) is 75.7 cm³/mol. The summed E-state index contributed by atoms with van der Waals surface area (Å²) in [4.78, 5) is 26.2. The van der Waals surface area contributed by atoms with Crippen LogP contribution in [-0.2, 0) is 9.59 Å². The van der Waals surface area contributed by atoms with Crippen molar-refractivity contribution in [3.05, 3.63) is 0 Å². The molecule has 110 valence electrons. The number of amides is 2. The summed E-state index contributed by atoms with van der Waals surface area (Å²) in [6.07, 6.45) is 2.26. The molecular weight excluding hydrogens is 242 g/mol. The zero-order chi connectivity index (χ0) is 14.5. The maximum Gasteiger partial charge on any atom is 0.235 e. The van der Waals surface area contributed by atoms with Gasteiger partial charge in [0.15, 0.2) is 0 Å². The lowest BCUT2D eigenvalue weighted by atomic mass is 10.0. The minimum absolute atomic E-state index is 0.104. The van der Waals surface area contributed by atoms with E-state index in [-0.39, 0.29) is 11.8 Å². The molecule has 2 N–H and O–H groups in total. The van der Waals surface area contributed by atoms with Crippen LogP contribution in [0.1, 0.15) is 33.1 Å². The van der Waals surface area contributed by atoms with Crippen molar-refractivity contribution >= 4 is 11.8 Å². The van der Waals surface area contributed by atoms with E-state index in [0.29, 0.717) is 31.8 Å². The van der Waals surface area contributed by atoms with Crippen LogP contribution in [0.15, 0.2) is 0 Å². The molecule has 5 nitrogen and oxygen atoms in total. The molecule has 0 aromatic heterocycles. The molecule has 0 unspecified atom stereocenters. The zero-order valence-corrected chi connectivity index (χ0v) is 12.6. The van der Waals surface area contributed by atoms with Crippen LogP contribution in [0.5, 0.6) is 0 Å². The summed E-state index contributed by atoms with van der Waals surface area (Å²) in [6.45, 7) is 6.29. The number of carbonyl (C=O) groups is 2. The first-order valence-electron chi connectivity index (χ1n) is 7.10. The molecule has 0 bridgehead atoms. The van der Waals surface area contributed by atoms with Crippen molar-refractivity contribution in [2.45, 2.75) is 33.1 Å². The minimum atomic E-state index is -0.771. The van der Waals surface area contributed by atoms with Crippen molar-refractivity contribution in [3.63, 3.8) is 0 Å². The van der Waals surface area contributed by atoms with Crippen LogP contribution in [-0.4, -0.2) is 50.4 Å². The van der Waals surface area contributed by atoms with Gasteiger partial charge < -0.3 is 15.5 Å². The van der Waals surface area contributed by atoms with Gasteiger partial charge in [-0.2, -0.15) is 0 Å². The molecule has 2 amide bonds. The van der Waals surface area contributed by atoms with Crippen molar-refractivity contribution in [1.29, 1.82) is 0 Å². The number of hydrogen-bond acceptors (Lipinski definition) is 3. The van der Waals surface area contributed by atoms with E-state index in [9.17, 15) is 9.59 Å². The highest BCUT2D eigenvalue weighted by Gasteiger charge is 2.56. The van der Waals surface area contributed by atoms with Crippen molar-refractivity contribution < 1.29 is 9.59 Å². The third-order valence-corrected chi connectivity index (χ3v) is 3.36. The second-order valence-electron chi connectivity index (χ2n) is 6.10. The second-order valence-corrected chi connectivity index (χ2v) is 6.10. The van der Waals surface area contributed by atoms with E-state index in [1.165, 1.54) is 0 Å². The third-order valence-electron chi connectivity index (χ3n) is 3.36. The standard InChI is InChI=1S/C14H27N3O2/c1-11(2)10-16-13(19)14(6-7-14)12(18)15-8-5-9-17(3)4/h11H,5-10H2,1-4H3,(H,15,18)(H,16,19). The Balaban J connectivity index is 2.32. The second kappa shape index (κ2) is 6.89. The average Bonchev–Trinajstić information content (AvgIpc) is 3.12. The molecule has 0 saturated heterocycles. The SMILES string of the molecule is CC(C)CNC(=O)C1(C(=O)NCCCN(C)C)CC1. The van der Waals surface area contributed by atoms with Crippen LogP contribution in [0, 0.1) is 11.3 Å². The largest absolute Gasteiger partial charge is 0.355 e. The summed E-state index contributed by atoms with van der Waals surface area (Å²) in [7, 11) is 4.01. The summed E-state index contributed by atoms with van der Waals surface area (Å²) < 4.78 is 0. The molecular formula is C14H27N3O2. The summed E-state index contributed by atoms with van der Waals surface area (Å²) in [5.41, 5.74) is -0.771. The first-order valence-corrected chi connectivity index (χ1v) is 7.10. The molecule has 19 heavy (non-hydrogen) atoms. The Labute approximate surface area is 116 Å². The van der Waals surface area contributed by atoms with Gasteiger partial charge in [0.2, 0.25) is 11.8 Å². The number of nitrogens with zero attached hydrogens (tertiary/aromatic N) is 1. The number of carbonyl (C=O) groups excluding carboxylic acids is 2. The number of hydrogen-bond donors (Lipinski definition) is 2. The first-order chi connectivity index (χ1) is 8.88. The Hall–Kier alpha value is -1.10. The van der Waals surface area contributed by atoms with E-state index < -0.39 is 5.41 Å². The third kappa shape index (κ3) is 4.82. The monoisotopic (exact) mass is 269 g/mol. The van der Waals surface area contributed by atoms with Crippen molar-refractivity contribution in [2.75, 3.05) is 33.7 Å². The molecule has 0 aromatic rings. The van der Waals surface area contributed by atoms with Crippen LogP contribution < -0.4 is 10.6 Å². The normalized spacial score (nSPS) is 16.5. The Kier molecular flexibility index (Phi) is 5.79. The maximum atomic E-state index is 12.1. The van der Waals surface area contributed by atoms with Gasteiger partial charge in [-0.15, -0.1) is 0 Å². The van der Waals surface area contributed by atoms with E-state index in [1.54, 1.807) is 0 Å². The van der Waals surface area contributed by atoms with Gasteiger partial charge in [-0.05, 0) is 45.8 Å². The summed E-state index contributed by atoms with van der Waals surface area (Å²) in [5.74, 6) is 0.196. The summed E-state index contributed by atoms with van der Waals surface area (Å²) >= 11 is 0. The lowest BCUT2D eigenvalue weighted by Gasteiger charge is -2.17. The molecule has 0 radical (unpaired) electrons. The van der Waals surface area contributed by atoms with Crippen molar-refractivity contribution in [3.8, 4) is 0 Å². The molecule has 5 heteroatoms. The highest BCUT2D eigenvalue weighted by Crippen LogP contribution is 2.46. The van der Waals surface area contributed by atoms with Gasteiger partial charge in [0.25, 0.3) is 0 Å². The fourth-order valence-corrected chi connectivity index (χ4v) is 1.91. The Bertz CT molecular complexity index is 323. The molecule has 0 aromatic carbocycles. The first kappa shape index (κ1) is 16.0. The maximum absolute atomic E-state index is 12.1. The van der Waals surface area contributed by atoms with Gasteiger partial charge in [0, 0.05) is 13.1 Å². The van der Waals surface area contributed by atoms with E-state index in [0.717, 1.165) is 13.0 Å². The van der Waals surface area contributed by atoms with Crippen LogP contribution in [0.25, 0.3) is 0 Å². The Morgan fingerprint density at radius 3 is 2.21 bits per heavy atom. The fourth-order valence-electron chi connectivity index (χ4n) is 1.91. The highest BCUT2D eigenvalue weighted by molar-refractivity contribution is 6.07. The molecule has 1 saturated carbocycles. The summed E-state index contributed by atoms with van der Waals surface area (Å²) in [5, 5.41) is 5.75. The molecule has 1 aliphatic carbocycles. The van der Waals surface area contributed by atoms with E-state index >= 15 is 0 Å². The van der Waals surface area contributed by atoms with Gasteiger partial charge in [0.1, 0.15) is 5.41 Å². The van der Waals surface area contributed by atoms with Gasteiger partial charge >= 0.3 is 0 Å². The van der Waals surface area contributed by atoms with Crippen molar-refractivity contribution in [2.24, 2.45) is 11.3 Å². The zero-order valence-electron chi connectivity index (χ0n) is 12.6. The molecule has 1 fully saturated rings. The molecule has 1 rings (SSSR count). The smallest absolute Gasteiger partial charge is 0.235 e. The van der Waals surface area contributed by atoms with E-state index in [1.807, 2.05) is 27.9 Å². The van der Waals surface area contributed by atoms with Gasteiger partial charge in [0.05, 0.1) is 0 Å². The fraction of sp³-hybridized carbons (Fsp3) is 0.857. The van der Waals surface area contributed by atoms with Crippen LogP contribution in [0.3, 0.4) is 0 Å². The predicted octanol–water partition coefficient (Wildman–Crippen LogP) is 0.607. The minimum Gasteiger partial charge on any atom is -0.355 e. The molecule has 0 heterocycles. The summed E-state index contributed by atoms with van der Waals surface area (Å²) in [6, 6.07) is 0. The number of nitrogens with one attached hydrogen (secondary N) is 2. The van der Waals surface area contributed by atoms with Gasteiger partial charge in [-0.3, -0.25) is 9.59 Å². The Morgan fingerprint density at radius 2 is 1.74 bits per heavy atom. The topological polar surface area (TPSA) is 61.4 Å². The quantitative estimate of drug-likeness (QED) is 0.501. The van der Waals surface area contributed by atoms with E-state index in [4.69, 9.17) is 0 Å². The van der Waals surface area contributed by atoms with Crippen molar-refractivity contribution in [1.82, 2.24) is 15.5 Å². The number of rotatable bonds is 8. The average molecular weight is 269 g/mol.